The lowest BCUT2D eigenvalue weighted by atomic mass is 9.91. The van der Waals surface area contributed by atoms with Gasteiger partial charge in [0.05, 0.1) is 5.92 Å². The number of halogens is 4. The molecule has 1 fully saturated rings. The van der Waals surface area contributed by atoms with Crippen molar-refractivity contribution in [2.75, 3.05) is 6.54 Å². The molecule has 1 aromatic carbocycles. The van der Waals surface area contributed by atoms with E-state index >= 15 is 0 Å². The molecule has 0 amide bonds. The van der Waals surface area contributed by atoms with Crippen molar-refractivity contribution in [3.05, 3.63) is 29.3 Å². The number of rotatable bonds is 1. The fourth-order valence-corrected chi connectivity index (χ4v) is 3.07. The highest BCUT2D eigenvalue weighted by molar-refractivity contribution is 7.86. The highest BCUT2D eigenvalue weighted by atomic mass is 35.5. The minimum absolute atomic E-state index is 0.194. The number of alkyl halides is 3. The van der Waals surface area contributed by atoms with Crippen LogP contribution in [0.1, 0.15) is 26.2 Å². The predicted octanol–water partition coefficient (Wildman–Crippen LogP) is 4.06. The summed E-state index contributed by atoms with van der Waals surface area (Å²) in [6, 6.07) is 7.97. The van der Waals surface area contributed by atoms with Crippen LogP contribution in [0.25, 0.3) is 0 Å². The molecule has 3 rings (SSSR count). The molecule has 0 aromatic heterocycles. The van der Waals surface area contributed by atoms with Gasteiger partial charge in [-0.05, 0) is 37.0 Å². The molecule has 2 atom stereocenters. The standard InChI is InChI=1S/C13H16ClN2.CHF3O3S/c1-13-8-2-3-10(13)9-16(15-13)12-6-4-11(14)5-7-12;2-1(3,4)8(5,6)7/h4-7,10H,2-3,8-9H2,1H3;(H,5,6,7)/q+1;/p-1/t10-,13-;/m0./s1. The van der Waals surface area contributed by atoms with E-state index in [0.717, 1.165) is 17.5 Å². The predicted molar refractivity (Wildman–Crippen MR) is 80.2 cm³/mol. The van der Waals surface area contributed by atoms with Crippen LogP contribution in [0.15, 0.2) is 29.4 Å². The SMILES string of the molecule is C[C@]12CCC[C@H]1C[N+](c1ccc(Cl)cc1)=N2.O=S(=O)([O-])C(F)(F)F. The fraction of sp³-hybridized carbons (Fsp3) is 0.571. The zero-order valence-corrected chi connectivity index (χ0v) is 14.3. The molecular weight excluding hydrogens is 369 g/mol. The Hall–Kier alpha value is -1.19. The van der Waals surface area contributed by atoms with Crippen molar-refractivity contribution in [3.63, 3.8) is 0 Å². The highest BCUT2D eigenvalue weighted by Crippen LogP contribution is 2.44. The summed E-state index contributed by atoms with van der Waals surface area (Å²) in [5.41, 5.74) is -4.29. The van der Waals surface area contributed by atoms with Crippen LogP contribution >= 0.6 is 11.6 Å². The van der Waals surface area contributed by atoms with E-state index in [1.54, 1.807) is 0 Å². The number of fused-ring (bicyclic) bond motifs is 1. The van der Waals surface area contributed by atoms with Crippen molar-refractivity contribution in [2.24, 2.45) is 11.0 Å². The van der Waals surface area contributed by atoms with Crippen LogP contribution in [0, 0.1) is 5.92 Å². The maximum Gasteiger partial charge on any atom is 0.485 e. The van der Waals surface area contributed by atoms with Crippen LogP contribution in [-0.4, -0.2) is 35.3 Å². The van der Waals surface area contributed by atoms with Gasteiger partial charge in [0.1, 0.15) is 5.54 Å². The maximum absolute atomic E-state index is 10.7. The number of nitrogens with zero attached hydrogens (tertiary/aromatic N) is 2. The van der Waals surface area contributed by atoms with Gasteiger partial charge in [-0.2, -0.15) is 13.2 Å². The van der Waals surface area contributed by atoms with E-state index in [1.165, 1.54) is 24.9 Å². The molecule has 0 bridgehead atoms. The quantitative estimate of drug-likeness (QED) is 0.416. The Labute approximate surface area is 142 Å². The van der Waals surface area contributed by atoms with E-state index in [1.807, 2.05) is 12.1 Å². The van der Waals surface area contributed by atoms with E-state index in [-0.39, 0.29) is 5.54 Å². The monoisotopic (exact) mass is 384 g/mol. The summed E-state index contributed by atoms with van der Waals surface area (Å²) in [6.07, 6.45) is 3.89. The van der Waals surface area contributed by atoms with Crippen molar-refractivity contribution in [1.29, 1.82) is 0 Å². The summed E-state index contributed by atoms with van der Waals surface area (Å²) in [5, 5.41) is 5.66. The molecule has 0 spiro atoms. The van der Waals surface area contributed by atoms with Gasteiger partial charge in [0, 0.05) is 17.2 Å². The third kappa shape index (κ3) is 4.25. The van der Waals surface area contributed by atoms with Crippen molar-refractivity contribution < 1.29 is 30.8 Å². The number of hydrogen-bond donors (Lipinski definition) is 0. The molecule has 0 saturated heterocycles. The highest BCUT2D eigenvalue weighted by Gasteiger charge is 2.49. The first-order chi connectivity index (χ1) is 10.9. The molecule has 0 N–H and O–H groups in total. The van der Waals surface area contributed by atoms with Crippen molar-refractivity contribution in [2.45, 2.75) is 37.2 Å². The summed E-state index contributed by atoms with van der Waals surface area (Å²) in [5.74, 6) is 0.739. The van der Waals surface area contributed by atoms with E-state index in [4.69, 9.17) is 29.7 Å². The van der Waals surface area contributed by atoms with Gasteiger partial charge in [-0.25, -0.2) is 8.42 Å². The van der Waals surface area contributed by atoms with E-state index < -0.39 is 15.6 Å². The molecular formula is C14H16ClF3N2O3S. The summed E-state index contributed by atoms with van der Waals surface area (Å²) in [6.45, 7) is 3.36. The number of azo groups is 2. The Kier molecular flexibility index (Phi) is 5.27. The Balaban J connectivity index is 0.000000224. The minimum atomic E-state index is -6.09. The lowest BCUT2D eigenvalue weighted by Crippen LogP contribution is -2.23. The molecule has 24 heavy (non-hydrogen) atoms. The second-order valence-electron chi connectivity index (χ2n) is 6.00. The molecule has 1 aliphatic heterocycles. The Morgan fingerprint density at radius 3 is 2.33 bits per heavy atom. The Morgan fingerprint density at radius 2 is 1.88 bits per heavy atom. The summed E-state index contributed by atoms with van der Waals surface area (Å²) in [7, 11) is -6.09. The Morgan fingerprint density at radius 1 is 1.33 bits per heavy atom. The molecule has 0 unspecified atom stereocenters. The molecule has 1 saturated carbocycles. The topological polar surface area (TPSA) is 72.6 Å². The van der Waals surface area contributed by atoms with Crippen LogP contribution in [0.3, 0.4) is 0 Å². The van der Waals surface area contributed by atoms with Gasteiger partial charge in [-0.15, -0.1) is 0 Å². The molecule has 1 aromatic rings. The van der Waals surface area contributed by atoms with Gasteiger partial charge >= 0.3 is 5.51 Å². The molecule has 0 radical (unpaired) electrons. The average Bonchev–Trinajstić information content (AvgIpc) is 2.92. The Bertz CT molecular complexity index is 735. The van der Waals surface area contributed by atoms with Crippen LogP contribution in [-0.2, 0) is 10.1 Å². The zero-order valence-electron chi connectivity index (χ0n) is 12.8. The number of benzene rings is 1. The van der Waals surface area contributed by atoms with Gasteiger partial charge in [-0.1, -0.05) is 22.7 Å². The van der Waals surface area contributed by atoms with Crippen LogP contribution in [0.5, 0.6) is 0 Å². The van der Waals surface area contributed by atoms with Gasteiger partial charge < -0.3 is 4.55 Å². The van der Waals surface area contributed by atoms with E-state index in [2.05, 4.69) is 23.8 Å². The lowest BCUT2D eigenvalue weighted by molar-refractivity contribution is -0.503. The summed E-state index contributed by atoms with van der Waals surface area (Å²) < 4.78 is 61.1. The normalized spacial score (nSPS) is 26.4. The summed E-state index contributed by atoms with van der Waals surface area (Å²) in [4.78, 5) is 0. The first kappa shape index (κ1) is 19.1. The first-order valence-electron chi connectivity index (χ1n) is 7.20. The van der Waals surface area contributed by atoms with Crippen LogP contribution in [0.4, 0.5) is 18.9 Å². The van der Waals surface area contributed by atoms with Gasteiger partial charge in [0.2, 0.25) is 5.69 Å². The molecule has 1 heterocycles. The fourth-order valence-electron chi connectivity index (χ4n) is 2.94. The van der Waals surface area contributed by atoms with Crippen LogP contribution in [0.2, 0.25) is 5.02 Å². The third-order valence-electron chi connectivity index (χ3n) is 4.27. The molecule has 134 valence electrons. The molecule has 1 aliphatic carbocycles. The molecule has 2 aliphatic rings. The van der Waals surface area contributed by atoms with Crippen LogP contribution < -0.4 is 0 Å². The maximum atomic E-state index is 10.7. The van der Waals surface area contributed by atoms with E-state index in [9.17, 15) is 13.2 Å². The van der Waals surface area contributed by atoms with E-state index in [0.29, 0.717) is 0 Å². The smallest absolute Gasteiger partial charge is 0.485 e. The third-order valence-corrected chi connectivity index (χ3v) is 5.08. The molecule has 10 heteroatoms. The van der Waals surface area contributed by atoms with Gasteiger partial charge in [0.15, 0.2) is 16.7 Å². The van der Waals surface area contributed by atoms with Gasteiger partial charge in [-0.3, -0.25) is 0 Å². The first-order valence-corrected chi connectivity index (χ1v) is 8.99. The minimum Gasteiger partial charge on any atom is -0.741 e. The van der Waals surface area contributed by atoms with Crippen molar-refractivity contribution in [1.82, 2.24) is 0 Å². The zero-order chi connectivity index (χ0) is 18.2. The second kappa shape index (κ2) is 6.61. The average molecular weight is 385 g/mol. The lowest BCUT2D eigenvalue weighted by Gasteiger charge is -2.12. The van der Waals surface area contributed by atoms with Gasteiger partial charge in [0.25, 0.3) is 0 Å². The molecule has 5 nitrogen and oxygen atoms in total. The van der Waals surface area contributed by atoms with Crippen molar-refractivity contribution >= 4 is 27.4 Å². The van der Waals surface area contributed by atoms with Crippen molar-refractivity contribution in [3.8, 4) is 0 Å². The second-order valence-corrected chi connectivity index (χ2v) is 7.81. The number of hydrogen-bond acceptors (Lipinski definition) is 4. The largest absolute Gasteiger partial charge is 0.741 e. The summed E-state index contributed by atoms with van der Waals surface area (Å²) >= 11 is 5.89.